The molecule has 0 aliphatic heterocycles. The van der Waals surface area contributed by atoms with Crippen molar-refractivity contribution in [2.75, 3.05) is 0 Å². The molecule has 4 N–H and O–H groups in total. The van der Waals surface area contributed by atoms with Crippen LogP contribution >= 0.6 is 0 Å². The third-order valence-electron chi connectivity index (χ3n) is 1.52. The standard InChI is InChI=1S/C9H10N2O4/c10-8(12)14-5-6-1-3-7(4-2-6)15-9(11)13/h1-4H,5H2,(H2,10,12)(H2,11,13). The molecule has 0 fully saturated rings. The lowest BCUT2D eigenvalue weighted by Gasteiger charge is -2.03. The van der Waals surface area contributed by atoms with E-state index in [0.717, 1.165) is 5.56 Å². The van der Waals surface area contributed by atoms with Gasteiger partial charge in [0.25, 0.3) is 0 Å². The Morgan fingerprint density at radius 1 is 1.07 bits per heavy atom. The van der Waals surface area contributed by atoms with Crippen LogP contribution in [0.5, 0.6) is 5.75 Å². The Kier molecular flexibility index (Phi) is 3.50. The topological polar surface area (TPSA) is 105 Å². The highest BCUT2D eigenvalue weighted by atomic mass is 16.5. The van der Waals surface area contributed by atoms with Crippen LogP contribution in [0.25, 0.3) is 0 Å². The van der Waals surface area contributed by atoms with Crippen molar-refractivity contribution in [2.24, 2.45) is 11.5 Å². The molecule has 0 aromatic heterocycles. The van der Waals surface area contributed by atoms with E-state index in [1.807, 2.05) is 0 Å². The summed E-state index contributed by atoms with van der Waals surface area (Å²) < 4.78 is 9.16. The van der Waals surface area contributed by atoms with Gasteiger partial charge in [0.1, 0.15) is 12.4 Å². The van der Waals surface area contributed by atoms with E-state index in [1.54, 1.807) is 12.1 Å². The second kappa shape index (κ2) is 4.85. The fourth-order valence-corrected chi connectivity index (χ4v) is 0.924. The summed E-state index contributed by atoms with van der Waals surface area (Å²) >= 11 is 0. The second-order valence-corrected chi connectivity index (χ2v) is 2.67. The molecule has 15 heavy (non-hydrogen) atoms. The summed E-state index contributed by atoms with van der Waals surface area (Å²) in [5.74, 6) is 0.324. The van der Waals surface area contributed by atoms with Crippen molar-refractivity contribution in [2.45, 2.75) is 6.61 Å². The van der Waals surface area contributed by atoms with Crippen LogP contribution in [0.3, 0.4) is 0 Å². The summed E-state index contributed by atoms with van der Waals surface area (Å²) in [6.45, 7) is 0.0756. The van der Waals surface area contributed by atoms with Crippen molar-refractivity contribution in [1.29, 1.82) is 0 Å². The Labute approximate surface area is 85.8 Å². The maximum Gasteiger partial charge on any atom is 0.409 e. The van der Waals surface area contributed by atoms with E-state index >= 15 is 0 Å². The Hall–Kier alpha value is -2.24. The normalized spacial score (nSPS) is 9.33. The predicted molar refractivity (Wildman–Crippen MR) is 51.0 cm³/mol. The van der Waals surface area contributed by atoms with E-state index in [1.165, 1.54) is 12.1 Å². The molecule has 6 heteroatoms. The van der Waals surface area contributed by atoms with Crippen molar-refractivity contribution >= 4 is 12.2 Å². The molecule has 0 saturated carbocycles. The van der Waals surface area contributed by atoms with Crippen molar-refractivity contribution < 1.29 is 19.1 Å². The van der Waals surface area contributed by atoms with Crippen molar-refractivity contribution in [3.05, 3.63) is 29.8 Å². The lowest BCUT2D eigenvalue weighted by molar-refractivity contribution is 0.150. The minimum atomic E-state index is -0.879. The van der Waals surface area contributed by atoms with Crippen molar-refractivity contribution in [3.63, 3.8) is 0 Å². The Morgan fingerprint density at radius 2 is 1.67 bits per heavy atom. The molecule has 0 bridgehead atoms. The Morgan fingerprint density at radius 3 is 2.13 bits per heavy atom. The van der Waals surface area contributed by atoms with Gasteiger partial charge in [-0.15, -0.1) is 0 Å². The van der Waals surface area contributed by atoms with Crippen molar-refractivity contribution in [3.8, 4) is 5.75 Å². The van der Waals surface area contributed by atoms with Gasteiger partial charge in [0, 0.05) is 0 Å². The zero-order valence-electron chi connectivity index (χ0n) is 7.80. The van der Waals surface area contributed by atoms with E-state index in [2.05, 4.69) is 9.47 Å². The van der Waals surface area contributed by atoms with Crippen LogP contribution in [-0.2, 0) is 11.3 Å². The molecule has 0 aliphatic rings. The zero-order chi connectivity index (χ0) is 11.3. The number of hydrogen-bond donors (Lipinski definition) is 2. The van der Waals surface area contributed by atoms with Crippen LogP contribution in [0.4, 0.5) is 9.59 Å². The molecule has 0 unspecified atom stereocenters. The largest absolute Gasteiger partial charge is 0.445 e. The molecular formula is C9H10N2O4. The fraction of sp³-hybridized carbons (Fsp3) is 0.111. The number of carbonyl (C=O) groups is 2. The Balaban J connectivity index is 2.56. The third kappa shape index (κ3) is 3.99. The summed E-state index contributed by atoms with van der Waals surface area (Å²) in [6.07, 6.45) is -1.72. The number of primary amides is 2. The number of amides is 2. The smallest absolute Gasteiger partial charge is 0.409 e. The highest BCUT2D eigenvalue weighted by molar-refractivity contribution is 5.68. The van der Waals surface area contributed by atoms with E-state index in [-0.39, 0.29) is 6.61 Å². The quantitative estimate of drug-likeness (QED) is 0.767. The highest BCUT2D eigenvalue weighted by Crippen LogP contribution is 2.12. The van der Waals surface area contributed by atoms with Gasteiger partial charge in [-0.25, -0.2) is 9.59 Å². The molecule has 0 saturated heterocycles. The molecule has 0 atom stereocenters. The maximum atomic E-state index is 10.4. The number of ether oxygens (including phenoxy) is 2. The molecule has 1 rings (SSSR count). The molecule has 0 heterocycles. The molecule has 0 radical (unpaired) electrons. The van der Waals surface area contributed by atoms with Gasteiger partial charge in [-0.3, -0.25) is 0 Å². The first-order chi connectivity index (χ1) is 7.08. The number of benzene rings is 1. The van der Waals surface area contributed by atoms with E-state index in [9.17, 15) is 9.59 Å². The first-order valence-electron chi connectivity index (χ1n) is 4.06. The van der Waals surface area contributed by atoms with Gasteiger partial charge in [0.15, 0.2) is 0 Å². The van der Waals surface area contributed by atoms with Crippen LogP contribution in [0.1, 0.15) is 5.56 Å². The summed E-state index contributed by atoms with van der Waals surface area (Å²) in [6, 6.07) is 6.32. The van der Waals surface area contributed by atoms with Crippen LogP contribution in [0, 0.1) is 0 Å². The van der Waals surface area contributed by atoms with Crippen LogP contribution < -0.4 is 16.2 Å². The molecule has 2 amide bonds. The number of rotatable bonds is 3. The van der Waals surface area contributed by atoms with Gasteiger partial charge in [0.05, 0.1) is 0 Å². The second-order valence-electron chi connectivity index (χ2n) is 2.67. The van der Waals surface area contributed by atoms with Gasteiger partial charge in [0.2, 0.25) is 0 Å². The minimum absolute atomic E-state index is 0.0756. The molecule has 1 aromatic carbocycles. The molecular weight excluding hydrogens is 200 g/mol. The van der Waals surface area contributed by atoms with E-state index < -0.39 is 12.2 Å². The van der Waals surface area contributed by atoms with Gasteiger partial charge in [-0.1, -0.05) is 12.1 Å². The zero-order valence-corrected chi connectivity index (χ0v) is 7.80. The van der Waals surface area contributed by atoms with Gasteiger partial charge in [-0.2, -0.15) is 0 Å². The van der Waals surface area contributed by atoms with Crippen molar-refractivity contribution in [1.82, 2.24) is 0 Å². The van der Waals surface area contributed by atoms with Gasteiger partial charge < -0.3 is 20.9 Å². The molecule has 6 nitrogen and oxygen atoms in total. The lowest BCUT2D eigenvalue weighted by Crippen LogP contribution is -2.16. The Bertz CT molecular complexity index is 361. The lowest BCUT2D eigenvalue weighted by atomic mass is 10.2. The molecule has 1 aromatic rings. The monoisotopic (exact) mass is 210 g/mol. The molecule has 0 aliphatic carbocycles. The molecule has 0 spiro atoms. The highest BCUT2D eigenvalue weighted by Gasteiger charge is 2.00. The van der Waals surface area contributed by atoms with Crippen LogP contribution in [0.15, 0.2) is 24.3 Å². The first kappa shape index (κ1) is 10.8. The van der Waals surface area contributed by atoms with Gasteiger partial charge >= 0.3 is 12.2 Å². The predicted octanol–water partition coefficient (Wildman–Crippen LogP) is 0.739. The first-order valence-corrected chi connectivity index (χ1v) is 4.06. The summed E-state index contributed by atoms with van der Waals surface area (Å²) in [5, 5.41) is 0. The summed E-state index contributed by atoms with van der Waals surface area (Å²) in [7, 11) is 0. The fourth-order valence-electron chi connectivity index (χ4n) is 0.924. The van der Waals surface area contributed by atoms with Crippen LogP contribution in [0.2, 0.25) is 0 Å². The average Bonchev–Trinajstić information content (AvgIpc) is 2.16. The number of nitrogens with two attached hydrogens (primary N) is 2. The molecule has 80 valence electrons. The summed E-state index contributed by atoms with van der Waals surface area (Å²) in [5.41, 5.74) is 10.3. The maximum absolute atomic E-state index is 10.4. The number of carbonyl (C=O) groups excluding carboxylic acids is 2. The third-order valence-corrected chi connectivity index (χ3v) is 1.52. The average molecular weight is 210 g/mol. The number of hydrogen-bond acceptors (Lipinski definition) is 4. The summed E-state index contributed by atoms with van der Waals surface area (Å²) in [4.78, 5) is 20.7. The van der Waals surface area contributed by atoms with E-state index in [0.29, 0.717) is 5.75 Å². The minimum Gasteiger partial charge on any atom is -0.445 e. The SMILES string of the molecule is NC(=O)OCc1ccc(OC(N)=O)cc1. The van der Waals surface area contributed by atoms with Gasteiger partial charge in [-0.05, 0) is 17.7 Å². The van der Waals surface area contributed by atoms with E-state index in [4.69, 9.17) is 11.5 Å². The van der Waals surface area contributed by atoms with Crippen LogP contribution in [-0.4, -0.2) is 12.2 Å².